The van der Waals surface area contributed by atoms with Crippen molar-refractivity contribution in [1.82, 2.24) is 10.2 Å². The molecule has 1 aliphatic rings. The van der Waals surface area contributed by atoms with E-state index < -0.39 is 0 Å². The number of nitrogens with one attached hydrogen (secondary N) is 1. The van der Waals surface area contributed by atoms with Crippen molar-refractivity contribution in [2.75, 3.05) is 31.1 Å². The number of benzene rings is 1. The maximum absolute atomic E-state index is 12.3. The summed E-state index contributed by atoms with van der Waals surface area (Å²) in [6, 6.07) is 11.4. The van der Waals surface area contributed by atoms with E-state index in [2.05, 4.69) is 15.1 Å². The maximum Gasteiger partial charge on any atom is 0.237 e. The van der Waals surface area contributed by atoms with Crippen LogP contribution in [0.3, 0.4) is 0 Å². The van der Waals surface area contributed by atoms with E-state index >= 15 is 0 Å². The Morgan fingerprint density at radius 1 is 1.21 bits per heavy atom. The Morgan fingerprint density at radius 3 is 2.54 bits per heavy atom. The predicted molar refractivity (Wildman–Crippen MR) is 95.3 cm³/mol. The lowest BCUT2D eigenvalue weighted by Crippen LogP contribution is -2.53. The number of hydrogen-bond acceptors (Lipinski definition) is 4. The van der Waals surface area contributed by atoms with Gasteiger partial charge in [-0.25, -0.2) is 0 Å². The maximum atomic E-state index is 12.3. The first kappa shape index (κ1) is 16.9. The van der Waals surface area contributed by atoms with E-state index in [-0.39, 0.29) is 11.9 Å². The summed E-state index contributed by atoms with van der Waals surface area (Å²) >= 11 is 5.94. The minimum absolute atomic E-state index is 0.0337. The van der Waals surface area contributed by atoms with Crippen LogP contribution in [0.2, 0.25) is 5.02 Å². The highest BCUT2D eigenvalue weighted by Crippen LogP contribution is 2.20. The van der Waals surface area contributed by atoms with Gasteiger partial charge in [-0.05, 0) is 43.3 Å². The predicted octanol–water partition coefficient (Wildman–Crippen LogP) is 2.76. The van der Waals surface area contributed by atoms with E-state index in [1.54, 1.807) is 6.26 Å². The minimum atomic E-state index is -0.146. The van der Waals surface area contributed by atoms with Crippen LogP contribution in [0.5, 0.6) is 0 Å². The smallest absolute Gasteiger partial charge is 0.237 e. The minimum Gasteiger partial charge on any atom is -0.467 e. The third-order valence-corrected chi connectivity index (χ3v) is 4.70. The summed E-state index contributed by atoms with van der Waals surface area (Å²) in [5.74, 6) is 0.800. The summed E-state index contributed by atoms with van der Waals surface area (Å²) in [6.45, 7) is 5.90. The van der Waals surface area contributed by atoms with E-state index in [4.69, 9.17) is 16.0 Å². The van der Waals surface area contributed by atoms with Crippen molar-refractivity contribution >= 4 is 23.2 Å². The lowest BCUT2D eigenvalue weighted by Gasteiger charge is -2.38. The van der Waals surface area contributed by atoms with Crippen molar-refractivity contribution in [3.05, 3.63) is 53.4 Å². The summed E-state index contributed by atoms with van der Waals surface area (Å²) in [7, 11) is 0. The first-order valence-electron chi connectivity index (χ1n) is 8.18. The molecule has 0 radical (unpaired) electrons. The monoisotopic (exact) mass is 347 g/mol. The molecule has 2 aromatic rings. The van der Waals surface area contributed by atoms with E-state index in [0.29, 0.717) is 6.54 Å². The highest BCUT2D eigenvalue weighted by atomic mass is 35.5. The average molecular weight is 348 g/mol. The Labute approximate surface area is 147 Å². The van der Waals surface area contributed by atoms with Crippen LogP contribution in [0.25, 0.3) is 0 Å². The Kier molecular flexibility index (Phi) is 5.43. The van der Waals surface area contributed by atoms with Crippen LogP contribution < -0.4 is 10.2 Å². The molecule has 1 unspecified atom stereocenters. The molecule has 6 heteroatoms. The van der Waals surface area contributed by atoms with Gasteiger partial charge in [0.2, 0.25) is 5.91 Å². The van der Waals surface area contributed by atoms with Crippen molar-refractivity contribution in [2.45, 2.75) is 19.5 Å². The molecule has 1 atom stereocenters. The third-order valence-electron chi connectivity index (χ3n) is 4.45. The second-order valence-corrected chi connectivity index (χ2v) is 6.41. The quantitative estimate of drug-likeness (QED) is 0.903. The van der Waals surface area contributed by atoms with Gasteiger partial charge in [-0.3, -0.25) is 9.69 Å². The zero-order chi connectivity index (χ0) is 16.9. The third kappa shape index (κ3) is 4.10. The van der Waals surface area contributed by atoms with E-state index in [9.17, 15) is 4.79 Å². The van der Waals surface area contributed by atoms with Gasteiger partial charge in [-0.15, -0.1) is 0 Å². The van der Waals surface area contributed by atoms with Gasteiger partial charge in [-0.1, -0.05) is 11.6 Å². The molecule has 128 valence electrons. The van der Waals surface area contributed by atoms with Gasteiger partial charge >= 0.3 is 0 Å². The molecular formula is C18H22ClN3O2. The molecule has 0 bridgehead atoms. The van der Waals surface area contributed by atoms with Gasteiger partial charge in [0.1, 0.15) is 5.76 Å². The summed E-state index contributed by atoms with van der Waals surface area (Å²) in [5, 5.41) is 3.68. The van der Waals surface area contributed by atoms with Gasteiger partial charge in [-0.2, -0.15) is 0 Å². The second kappa shape index (κ2) is 7.73. The normalized spacial score (nSPS) is 16.8. The number of carbonyl (C=O) groups excluding carboxylic acids is 1. The highest BCUT2D eigenvalue weighted by Gasteiger charge is 2.25. The Balaban J connectivity index is 1.48. The van der Waals surface area contributed by atoms with Crippen LogP contribution in [0.1, 0.15) is 12.7 Å². The van der Waals surface area contributed by atoms with Gasteiger partial charge in [0.25, 0.3) is 0 Å². The standard InChI is InChI=1S/C18H22ClN3O2/c1-14(18(23)20-13-17-3-2-12-24-17)21-8-10-22(11-9-21)16-6-4-15(19)5-7-16/h2-7,12,14H,8-11,13H2,1H3,(H,20,23). The fourth-order valence-corrected chi connectivity index (χ4v) is 3.05. The number of nitrogens with zero attached hydrogens (tertiary/aromatic N) is 2. The van der Waals surface area contributed by atoms with Gasteiger partial charge in [0.15, 0.2) is 0 Å². The molecule has 1 aromatic carbocycles. The summed E-state index contributed by atoms with van der Waals surface area (Å²) in [4.78, 5) is 16.8. The molecule has 0 aliphatic carbocycles. The number of hydrogen-bond donors (Lipinski definition) is 1. The number of halogens is 1. The number of rotatable bonds is 5. The number of piperazine rings is 1. The highest BCUT2D eigenvalue weighted by molar-refractivity contribution is 6.30. The lowest BCUT2D eigenvalue weighted by atomic mass is 10.2. The van der Waals surface area contributed by atoms with E-state index in [1.807, 2.05) is 43.3 Å². The molecular weight excluding hydrogens is 326 g/mol. The molecule has 2 heterocycles. The Bertz CT molecular complexity index is 649. The summed E-state index contributed by atoms with van der Waals surface area (Å²) in [5.41, 5.74) is 1.17. The summed E-state index contributed by atoms with van der Waals surface area (Å²) in [6.07, 6.45) is 1.61. The van der Waals surface area contributed by atoms with Gasteiger partial charge < -0.3 is 14.6 Å². The van der Waals surface area contributed by atoms with E-state index in [1.165, 1.54) is 5.69 Å². The van der Waals surface area contributed by atoms with Crippen molar-refractivity contribution < 1.29 is 9.21 Å². The molecule has 1 amide bonds. The van der Waals surface area contributed by atoms with Crippen LogP contribution in [-0.2, 0) is 11.3 Å². The van der Waals surface area contributed by atoms with Crippen LogP contribution >= 0.6 is 11.6 Å². The van der Waals surface area contributed by atoms with Crippen molar-refractivity contribution in [1.29, 1.82) is 0 Å². The summed E-state index contributed by atoms with van der Waals surface area (Å²) < 4.78 is 5.24. The topological polar surface area (TPSA) is 48.7 Å². The largest absolute Gasteiger partial charge is 0.467 e. The molecule has 1 saturated heterocycles. The zero-order valence-electron chi connectivity index (χ0n) is 13.7. The molecule has 3 rings (SSSR count). The Morgan fingerprint density at radius 2 is 1.92 bits per heavy atom. The fraction of sp³-hybridized carbons (Fsp3) is 0.389. The fourth-order valence-electron chi connectivity index (χ4n) is 2.92. The van der Waals surface area contributed by atoms with Crippen molar-refractivity contribution in [2.24, 2.45) is 0 Å². The Hall–Kier alpha value is -1.98. The van der Waals surface area contributed by atoms with Crippen molar-refractivity contribution in [3.63, 3.8) is 0 Å². The van der Waals surface area contributed by atoms with Crippen molar-refractivity contribution in [3.8, 4) is 0 Å². The van der Waals surface area contributed by atoms with Crippen LogP contribution in [-0.4, -0.2) is 43.0 Å². The van der Waals surface area contributed by atoms with E-state index in [0.717, 1.165) is 37.0 Å². The number of amides is 1. The molecule has 1 N–H and O–H groups in total. The molecule has 1 aliphatic heterocycles. The second-order valence-electron chi connectivity index (χ2n) is 5.97. The van der Waals surface area contributed by atoms with Gasteiger partial charge in [0.05, 0.1) is 18.8 Å². The number of furan rings is 1. The molecule has 1 aromatic heterocycles. The van der Waals surface area contributed by atoms with Gasteiger partial charge in [0, 0.05) is 36.9 Å². The zero-order valence-corrected chi connectivity index (χ0v) is 14.5. The average Bonchev–Trinajstić information content (AvgIpc) is 3.13. The first-order chi connectivity index (χ1) is 11.6. The first-order valence-corrected chi connectivity index (χ1v) is 8.56. The number of carbonyl (C=O) groups is 1. The number of anilines is 1. The van der Waals surface area contributed by atoms with Crippen LogP contribution in [0.4, 0.5) is 5.69 Å². The molecule has 0 saturated carbocycles. The molecule has 0 spiro atoms. The molecule has 1 fully saturated rings. The van der Waals surface area contributed by atoms with Crippen LogP contribution in [0, 0.1) is 0 Å². The molecule has 24 heavy (non-hydrogen) atoms. The lowest BCUT2D eigenvalue weighted by molar-refractivity contribution is -0.126. The molecule has 5 nitrogen and oxygen atoms in total. The SMILES string of the molecule is CC(C(=O)NCc1ccco1)N1CCN(c2ccc(Cl)cc2)CC1. The van der Waals surface area contributed by atoms with Crippen LogP contribution in [0.15, 0.2) is 47.1 Å².